The van der Waals surface area contributed by atoms with Gasteiger partial charge in [-0.3, -0.25) is 4.79 Å². The minimum absolute atomic E-state index is 0.0257. The van der Waals surface area contributed by atoms with Gasteiger partial charge in [0.15, 0.2) is 0 Å². The average molecular weight is 310 g/mol. The molecule has 1 aromatic rings. The summed E-state index contributed by atoms with van der Waals surface area (Å²) in [6.45, 7) is 1.24. The number of hydrogen-bond donors (Lipinski definition) is 2. The van der Waals surface area contributed by atoms with Gasteiger partial charge in [0.2, 0.25) is 5.91 Å². The van der Waals surface area contributed by atoms with Crippen molar-refractivity contribution in [2.24, 2.45) is 11.3 Å². The number of nitrogens with one attached hydrogen (secondary N) is 2. The van der Waals surface area contributed by atoms with Crippen molar-refractivity contribution in [3.8, 4) is 5.75 Å². The van der Waals surface area contributed by atoms with Crippen molar-refractivity contribution in [3.63, 3.8) is 0 Å². The van der Waals surface area contributed by atoms with Crippen molar-refractivity contribution in [1.29, 1.82) is 0 Å². The van der Waals surface area contributed by atoms with E-state index in [1.165, 1.54) is 0 Å². The van der Waals surface area contributed by atoms with Gasteiger partial charge in [-0.2, -0.15) is 0 Å². The van der Waals surface area contributed by atoms with E-state index >= 15 is 0 Å². The second-order valence-corrected chi connectivity index (χ2v) is 6.06. The van der Waals surface area contributed by atoms with E-state index in [1.807, 2.05) is 0 Å². The Bertz CT molecular complexity index is 545. The lowest BCUT2D eigenvalue weighted by Crippen LogP contribution is -2.31. The number of hydrogen-bond acceptors (Lipinski definition) is 3. The van der Waals surface area contributed by atoms with E-state index in [9.17, 15) is 13.6 Å². The quantitative estimate of drug-likeness (QED) is 0.879. The molecule has 1 unspecified atom stereocenters. The summed E-state index contributed by atoms with van der Waals surface area (Å²) in [4.78, 5) is 12.4. The van der Waals surface area contributed by atoms with Gasteiger partial charge in [-0.05, 0) is 49.9 Å². The molecule has 1 atom stereocenters. The Kier molecular flexibility index (Phi) is 4.29. The Labute approximate surface area is 128 Å². The van der Waals surface area contributed by atoms with Crippen LogP contribution < -0.4 is 15.4 Å². The normalized spacial score (nSPS) is 22.6. The number of carbonyl (C=O) groups excluding carboxylic acids is 1. The number of anilines is 1. The second-order valence-electron chi connectivity index (χ2n) is 6.06. The van der Waals surface area contributed by atoms with Crippen molar-refractivity contribution in [2.75, 3.05) is 25.0 Å². The molecule has 120 valence electrons. The Morgan fingerprint density at radius 2 is 2.09 bits per heavy atom. The van der Waals surface area contributed by atoms with E-state index in [1.54, 1.807) is 24.3 Å². The highest BCUT2D eigenvalue weighted by molar-refractivity contribution is 5.96. The molecule has 22 heavy (non-hydrogen) atoms. The lowest BCUT2D eigenvalue weighted by atomic mass is 9.92. The summed E-state index contributed by atoms with van der Waals surface area (Å²) in [6.07, 6.45) is 0.425. The van der Waals surface area contributed by atoms with Crippen LogP contribution in [0.2, 0.25) is 0 Å². The van der Waals surface area contributed by atoms with Crippen molar-refractivity contribution in [3.05, 3.63) is 24.3 Å². The van der Waals surface area contributed by atoms with Gasteiger partial charge in [0.25, 0.3) is 6.43 Å². The Hall–Kier alpha value is -1.69. The molecule has 1 aliphatic carbocycles. The first-order chi connectivity index (χ1) is 10.6. The third-order valence-corrected chi connectivity index (χ3v) is 4.62. The number of benzene rings is 1. The van der Waals surface area contributed by atoms with Gasteiger partial charge in [-0.1, -0.05) is 12.1 Å². The van der Waals surface area contributed by atoms with E-state index in [4.69, 9.17) is 4.74 Å². The van der Waals surface area contributed by atoms with Gasteiger partial charge in [-0.15, -0.1) is 0 Å². The van der Waals surface area contributed by atoms with E-state index in [0.717, 1.165) is 32.4 Å². The Morgan fingerprint density at radius 1 is 1.36 bits per heavy atom. The van der Waals surface area contributed by atoms with Crippen LogP contribution in [0.5, 0.6) is 5.75 Å². The zero-order valence-electron chi connectivity index (χ0n) is 12.3. The molecule has 1 aromatic carbocycles. The highest BCUT2D eigenvalue weighted by Gasteiger charge is 2.57. The summed E-state index contributed by atoms with van der Waals surface area (Å²) in [7, 11) is 0. The summed E-state index contributed by atoms with van der Waals surface area (Å²) >= 11 is 0. The van der Waals surface area contributed by atoms with Gasteiger partial charge < -0.3 is 15.4 Å². The monoisotopic (exact) mass is 310 g/mol. The maximum absolute atomic E-state index is 12.4. The summed E-state index contributed by atoms with van der Waals surface area (Å²) in [5.74, 6) is 0.281. The molecule has 1 aliphatic heterocycles. The molecule has 3 rings (SSSR count). The van der Waals surface area contributed by atoms with Gasteiger partial charge in [0.1, 0.15) is 12.4 Å². The van der Waals surface area contributed by atoms with Gasteiger partial charge in [0.05, 0.1) is 5.69 Å². The van der Waals surface area contributed by atoms with Crippen LogP contribution in [0.4, 0.5) is 14.5 Å². The molecule has 6 heteroatoms. The lowest BCUT2D eigenvalue weighted by molar-refractivity contribution is -0.118. The molecule has 2 N–H and O–H groups in total. The fraction of sp³-hybridized carbons (Fsp3) is 0.562. The van der Waals surface area contributed by atoms with Crippen molar-refractivity contribution < 1.29 is 18.3 Å². The van der Waals surface area contributed by atoms with Crippen LogP contribution in [0.25, 0.3) is 0 Å². The lowest BCUT2D eigenvalue weighted by Gasteiger charge is -2.23. The van der Waals surface area contributed by atoms with Crippen LogP contribution in [0.3, 0.4) is 0 Å². The minimum atomic E-state index is -2.54. The molecule has 4 nitrogen and oxygen atoms in total. The number of rotatable bonds is 5. The van der Waals surface area contributed by atoms with Gasteiger partial charge in [-0.25, -0.2) is 8.78 Å². The first-order valence-corrected chi connectivity index (χ1v) is 7.62. The van der Waals surface area contributed by atoms with Crippen LogP contribution >= 0.6 is 0 Å². The molecule has 0 bridgehead atoms. The minimum Gasteiger partial charge on any atom is -0.485 e. The maximum Gasteiger partial charge on any atom is 0.272 e. The average Bonchev–Trinajstić information content (AvgIpc) is 3.20. The van der Waals surface area contributed by atoms with Gasteiger partial charge >= 0.3 is 0 Å². The summed E-state index contributed by atoms with van der Waals surface area (Å²) in [6, 6.07) is 6.71. The number of carbonyl (C=O) groups is 1. The third kappa shape index (κ3) is 3.21. The van der Waals surface area contributed by atoms with Crippen molar-refractivity contribution >= 4 is 11.6 Å². The Morgan fingerprint density at radius 3 is 2.82 bits per heavy atom. The van der Waals surface area contributed by atoms with E-state index in [0.29, 0.717) is 5.69 Å². The first kappa shape index (κ1) is 15.2. The molecule has 1 heterocycles. The maximum atomic E-state index is 12.4. The number of piperidine rings is 1. The van der Waals surface area contributed by atoms with E-state index in [-0.39, 0.29) is 23.0 Å². The largest absolute Gasteiger partial charge is 0.485 e. The fourth-order valence-corrected chi connectivity index (χ4v) is 3.26. The molecular weight excluding hydrogens is 290 g/mol. The number of alkyl halides is 2. The summed E-state index contributed by atoms with van der Waals surface area (Å²) < 4.78 is 29.6. The van der Waals surface area contributed by atoms with Crippen LogP contribution in [-0.2, 0) is 4.79 Å². The molecule has 1 saturated carbocycles. The standard InChI is InChI=1S/C16H20F2N2O2/c17-14(18)10-22-13-4-2-1-3-12(13)20-15(21)11-9-16(11)5-7-19-8-6-16/h1-4,11,14,19H,5-10H2,(H,20,21). The highest BCUT2D eigenvalue weighted by Crippen LogP contribution is 2.58. The number of para-hydroxylation sites is 2. The molecule has 0 radical (unpaired) electrons. The predicted molar refractivity (Wildman–Crippen MR) is 79.2 cm³/mol. The van der Waals surface area contributed by atoms with Crippen molar-refractivity contribution in [2.45, 2.75) is 25.7 Å². The highest BCUT2D eigenvalue weighted by atomic mass is 19.3. The molecular formula is C16H20F2N2O2. The molecule has 0 aromatic heterocycles. The predicted octanol–water partition coefficient (Wildman–Crippen LogP) is 2.66. The zero-order chi connectivity index (χ0) is 15.6. The van der Waals surface area contributed by atoms with Gasteiger partial charge in [0, 0.05) is 5.92 Å². The molecule has 2 fully saturated rings. The topological polar surface area (TPSA) is 50.4 Å². The second kappa shape index (κ2) is 6.20. The number of amides is 1. The molecule has 1 spiro atoms. The SMILES string of the molecule is O=C(Nc1ccccc1OCC(F)F)C1CC12CCNCC2. The number of halogens is 2. The summed E-state index contributed by atoms with van der Waals surface area (Å²) in [5.41, 5.74) is 0.609. The third-order valence-electron chi connectivity index (χ3n) is 4.62. The van der Waals surface area contributed by atoms with Crippen LogP contribution in [0.1, 0.15) is 19.3 Å². The first-order valence-electron chi connectivity index (χ1n) is 7.62. The molecule has 1 saturated heterocycles. The smallest absolute Gasteiger partial charge is 0.272 e. The van der Waals surface area contributed by atoms with E-state index in [2.05, 4.69) is 10.6 Å². The van der Waals surface area contributed by atoms with Crippen molar-refractivity contribution in [1.82, 2.24) is 5.32 Å². The van der Waals surface area contributed by atoms with E-state index < -0.39 is 13.0 Å². The molecule has 1 amide bonds. The summed E-state index contributed by atoms with van der Waals surface area (Å²) in [5, 5.41) is 6.14. The van der Waals surface area contributed by atoms with Crippen LogP contribution in [0, 0.1) is 11.3 Å². The fourth-order valence-electron chi connectivity index (χ4n) is 3.26. The van der Waals surface area contributed by atoms with Crippen LogP contribution in [-0.4, -0.2) is 32.0 Å². The Balaban J connectivity index is 1.62. The number of ether oxygens (including phenoxy) is 1. The zero-order valence-corrected chi connectivity index (χ0v) is 12.3. The molecule has 2 aliphatic rings. The van der Waals surface area contributed by atoms with Crippen LogP contribution in [0.15, 0.2) is 24.3 Å².